The van der Waals surface area contributed by atoms with Crippen LogP contribution in [0.5, 0.6) is 0 Å². The molecule has 0 aromatic carbocycles. The van der Waals surface area contributed by atoms with E-state index >= 15 is 0 Å². The molecule has 1 fully saturated rings. The van der Waals surface area contributed by atoms with Gasteiger partial charge in [-0.25, -0.2) is 0 Å². The Morgan fingerprint density at radius 2 is 2.08 bits per heavy atom. The largest absolute Gasteiger partial charge is 0.767 e. The Morgan fingerprint density at radius 3 is 2.85 bits per heavy atom. The summed E-state index contributed by atoms with van der Waals surface area (Å²) in [5.41, 5.74) is 0. The molecule has 1 aliphatic carbocycles. The number of rotatable bonds is 0. The minimum Gasteiger partial charge on any atom is -0.767 e. The molecule has 1 aliphatic heterocycles. The summed E-state index contributed by atoms with van der Waals surface area (Å²) in [6.07, 6.45) is 5.74. The Balaban J connectivity index is 2.17. The van der Waals surface area contributed by atoms with E-state index in [-0.39, 0.29) is 5.92 Å². The van der Waals surface area contributed by atoms with Crippen LogP contribution in [0.4, 0.5) is 0 Å². The monoisotopic (exact) mass is 200 g/mol. The zero-order valence-corrected chi connectivity index (χ0v) is 8.39. The van der Waals surface area contributed by atoms with Crippen LogP contribution >= 0.6 is 0 Å². The number of hydrogen-bond acceptors (Lipinski definition) is 3. The minimum atomic E-state index is -2.07. The molecule has 0 radical (unpaired) electrons. The summed E-state index contributed by atoms with van der Waals surface area (Å²) in [7, 11) is 0. The molecule has 0 amide bonds. The highest BCUT2D eigenvalue weighted by molar-refractivity contribution is 7.95. The lowest BCUT2D eigenvalue weighted by molar-refractivity contribution is 0.279. The van der Waals surface area contributed by atoms with E-state index in [9.17, 15) is 8.76 Å². The predicted molar refractivity (Wildman–Crippen MR) is 51.3 cm³/mol. The van der Waals surface area contributed by atoms with Crippen molar-refractivity contribution in [1.82, 2.24) is 0 Å². The van der Waals surface area contributed by atoms with Crippen molar-refractivity contribution < 1.29 is 8.76 Å². The first-order valence-electron chi connectivity index (χ1n) is 4.92. The molecule has 3 atom stereocenters. The van der Waals surface area contributed by atoms with Crippen LogP contribution in [0.15, 0.2) is 4.99 Å². The lowest BCUT2D eigenvalue weighted by atomic mass is 9.77. The molecular formula is C9H14NO2S-. The van der Waals surface area contributed by atoms with Gasteiger partial charge in [-0.15, -0.1) is 0 Å². The second-order valence-electron chi connectivity index (χ2n) is 3.89. The molecule has 0 spiro atoms. The first-order valence-corrected chi connectivity index (χ1v) is 6.00. The second-order valence-corrected chi connectivity index (χ2v) is 4.78. The fraction of sp³-hybridized carbons (Fsp3) is 0.889. The van der Waals surface area contributed by atoms with Crippen LogP contribution in [-0.4, -0.2) is 20.4 Å². The van der Waals surface area contributed by atoms with Crippen molar-refractivity contribution in [2.75, 3.05) is 6.54 Å². The number of fused-ring (bicyclic) bond motifs is 1. The normalized spacial score (nSPS) is 36.2. The standard InChI is InChI=1S/C9H15NO2S/c11-13(12)9-8-4-2-1-3-7(8)5-6-10-9/h7-8H,1-6H2,(H,11,12)/p-1. The molecule has 0 saturated heterocycles. The smallest absolute Gasteiger partial charge is 0.0880 e. The van der Waals surface area contributed by atoms with Gasteiger partial charge in [0.25, 0.3) is 0 Å². The third kappa shape index (κ3) is 1.83. The van der Waals surface area contributed by atoms with Crippen LogP contribution < -0.4 is 0 Å². The lowest BCUT2D eigenvalue weighted by Crippen LogP contribution is -2.33. The SMILES string of the molecule is O=S([O-])C1=NCCC2CCCCC12. The first kappa shape index (κ1) is 9.34. The van der Waals surface area contributed by atoms with Crippen molar-refractivity contribution in [2.45, 2.75) is 32.1 Å². The topological polar surface area (TPSA) is 52.5 Å². The van der Waals surface area contributed by atoms with Crippen LogP contribution in [0.1, 0.15) is 32.1 Å². The lowest BCUT2D eigenvalue weighted by Gasteiger charge is -2.35. The minimum absolute atomic E-state index is 0.251. The average molecular weight is 200 g/mol. The molecule has 0 aromatic heterocycles. The molecule has 2 aliphatic rings. The number of aliphatic imine (C=N–C) groups is 1. The number of nitrogens with zero attached hydrogens (tertiary/aromatic N) is 1. The van der Waals surface area contributed by atoms with Gasteiger partial charge < -0.3 is 4.55 Å². The molecule has 0 N–H and O–H groups in total. The Hall–Kier alpha value is -0.220. The Morgan fingerprint density at radius 1 is 1.31 bits per heavy atom. The highest BCUT2D eigenvalue weighted by Crippen LogP contribution is 2.36. The van der Waals surface area contributed by atoms with Crippen molar-refractivity contribution in [3.63, 3.8) is 0 Å². The molecule has 3 nitrogen and oxygen atoms in total. The van der Waals surface area contributed by atoms with E-state index in [2.05, 4.69) is 4.99 Å². The summed E-state index contributed by atoms with van der Waals surface area (Å²) in [4.78, 5) is 4.12. The molecule has 3 unspecified atom stereocenters. The van der Waals surface area contributed by atoms with Gasteiger partial charge in [0.05, 0.1) is 5.04 Å². The van der Waals surface area contributed by atoms with E-state index in [0.29, 0.717) is 17.5 Å². The van der Waals surface area contributed by atoms with Gasteiger partial charge in [-0.2, -0.15) is 0 Å². The van der Waals surface area contributed by atoms with Gasteiger partial charge in [0.1, 0.15) is 0 Å². The van der Waals surface area contributed by atoms with Crippen LogP contribution in [0.3, 0.4) is 0 Å². The van der Waals surface area contributed by atoms with Gasteiger partial charge in [-0.3, -0.25) is 9.20 Å². The highest BCUT2D eigenvalue weighted by atomic mass is 32.2. The average Bonchev–Trinajstić information content (AvgIpc) is 2.17. The van der Waals surface area contributed by atoms with E-state index in [1.54, 1.807) is 0 Å². The maximum atomic E-state index is 10.9. The van der Waals surface area contributed by atoms with E-state index in [1.807, 2.05) is 0 Å². The summed E-state index contributed by atoms with van der Waals surface area (Å²) in [5.74, 6) is 0.847. The van der Waals surface area contributed by atoms with Gasteiger partial charge in [0, 0.05) is 12.5 Å². The zero-order valence-electron chi connectivity index (χ0n) is 7.57. The van der Waals surface area contributed by atoms with Crippen molar-refractivity contribution in [2.24, 2.45) is 16.8 Å². The van der Waals surface area contributed by atoms with E-state index in [4.69, 9.17) is 0 Å². The highest BCUT2D eigenvalue weighted by Gasteiger charge is 2.31. The van der Waals surface area contributed by atoms with Gasteiger partial charge in [-0.1, -0.05) is 12.8 Å². The maximum Gasteiger partial charge on any atom is 0.0880 e. The van der Waals surface area contributed by atoms with Gasteiger partial charge in [-0.05, 0) is 36.3 Å². The van der Waals surface area contributed by atoms with Crippen molar-refractivity contribution in [1.29, 1.82) is 0 Å². The third-order valence-electron chi connectivity index (χ3n) is 3.16. The Kier molecular flexibility index (Phi) is 2.79. The molecule has 4 heteroatoms. The molecule has 13 heavy (non-hydrogen) atoms. The van der Waals surface area contributed by atoms with E-state index in [0.717, 1.165) is 19.3 Å². The quantitative estimate of drug-likeness (QED) is 0.556. The molecular weight excluding hydrogens is 186 g/mol. The molecule has 0 bridgehead atoms. The fourth-order valence-corrected chi connectivity index (χ4v) is 3.27. The fourth-order valence-electron chi connectivity index (χ4n) is 2.51. The number of hydrogen-bond donors (Lipinski definition) is 0. The summed E-state index contributed by atoms with van der Waals surface area (Å²) >= 11 is -2.07. The summed E-state index contributed by atoms with van der Waals surface area (Å²) < 4.78 is 21.8. The maximum absolute atomic E-state index is 10.9. The van der Waals surface area contributed by atoms with Crippen molar-refractivity contribution in [3.8, 4) is 0 Å². The van der Waals surface area contributed by atoms with Crippen LogP contribution in [-0.2, 0) is 11.1 Å². The van der Waals surface area contributed by atoms with Crippen molar-refractivity contribution >= 4 is 16.1 Å². The van der Waals surface area contributed by atoms with Gasteiger partial charge in [0.15, 0.2) is 0 Å². The summed E-state index contributed by atoms with van der Waals surface area (Å²) in [5, 5.41) is 0.455. The Labute approximate surface area is 80.9 Å². The van der Waals surface area contributed by atoms with E-state index < -0.39 is 11.1 Å². The summed E-state index contributed by atoms with van der Waals surface area (Å²) in [6, 6.07) is 0. The molecule has 0 aromatic rings. The second kappa shape index (κ2) is 3.88. The predicted octanol–water partition coefficient (Wildman–Crippen LogP) is 1.47. The molecule has 74 valence electrons. The van der Waals surface area contributed by atoms with Crippen LogP contribution in [0, 0.1) is 11.8 Å². The molecule has 1 saturated carbocycles. The van der Waals surface area contributed by atoms with Crippen LogP contribution in [0.25, 0.3) is 0 Å². The first-order chi connectivity index (χ1) is 6.29. The Bertz CT molecular complexity index is 252. The van der Waals surface area contributed by atoms with Gasteiger partial charge in [0.2, 0.25) is 0 Å². The van der Waals surface area contributed by atoms with Gasteiger partial charge >= 0.3 is 0 Å². The van der Waals surface area contributed by atoms with E-state index in [1.165, 1.54) is 12.8 Å². The summed E-state index contributed by atoms with van der Waals surface area (Å²) in [6.45, 7) is 0.713. The zero-order chi connectivity index (χ0) is 9.26. The molecule has 2 rings (SSSR count). The van der Waals surface area contributed by atoms with Crippen molar-refractivity contribution in [3.05, 3.63) is 0 Å². The third-order valence-corrected chi connectivity index (χ3v) is 3.94. The van der Waals surface area contributed by atoms with Crippen LogP contribution in [0.2, 0.25) is 0 Å². The molecule has 1 heterocycles.